The molecule has 120 valence electrons. The van der Waals surface area contributed by atoms with Gasteiger partial charge in [-0.15, -0.1) is 0 Å². The number of anilines is 1. The quantitative estimate of drug-likeness (QED) is 0.691. The van der Waals surface area contributed by atoms with Crippen molar-refractivity contribution in [2.45, 2.75) is 13.8 Å². The third-order valence-corrected chi connectivity index (χ3v) is 4.28. The van der Waals surface area contributed by atoms with Crippen LogP contribution in [0.3, 0.4) is 0 Å². The maximum atomic E-state index is 11.6. The van der Waals surface area contributed by atoms with Gasteiger partial charge in [0.15, 0.2) is 5.13 Å². The van der Waals surface area contributed by atoms with E-state index in [0.717, 1.165) is 21.3 Å². The molecule has 2 amide bonds. The molecule has 0 unspecified atom stereocenters. The zero-order valence-corrected chi connectivity index (χ0v) is 14.3. The van der Waals surface area contributed by atoms with Crippen LogP contribution in [-0.4, -0.2) is 17.6 Å². The zero-order valence-electron chi connectivity index (χ0n) is 13.5. The van der Waals surface area contributed by atoms with Gasteiger partial charge in [0.2, 0.25) is 0 Å². The van der Waals surface area contributed by atoms with Crippen LogP contribution in [0.2, 0.25) is 0 Å². The smallest absolute Gasteiger partial charge is 0.321 e. The highest BCUT2D eigenvalue weighted by atomic mass is 32.1. The lowest BCUT2D eigenvalue weighted by atomic mass is 10.1. The number of rotatable bonds is 2. The number of nitrogens with zero attached hydrogens (tertiary/aromatic N) is 1. The molecule has 0 aliphatic heterocycles. The maximum absolute atomic E-state index is 11.6. The number of amides is 2. The molecule has 2 aromatic carbocycles. The Morgan fingerprint density at radius 3 is 2.58 bits per heavy atom. The molecule has 24 heavy (non-hydrogen) atoms. The number of hydrogen-bond donors (Lipinski definition) is 2. The van der Waals surface area contributed by atoms with E-state index in [2.05, 4.69) is 46.5 Å². The largest absolute Gasteiger partial charge is 0.338 e. The van der Waals surface area contributed by atoms with Gasteiger partial charge in [-0.1, -0.05) is 40.9 Å². The Hall–Kier alpha value is -2.84. The van der Waals surface area contributed by atoms with Crippen LogP contribution in [0.1, 0.15) is 23.6 Å². The van der Waals surface area contributed by atoms with Crippen molar-refractivity contribution in [2.24, 2.45) is 0 Å². The fraction of sp³-hybridized carbons (Fsp3) is 0.158. The van der Waals surface area contributed by atoms with Crippen molar-refractivity contribution in [1.82, 2.24) is 10.3 Å². The Balaban J connectivity index is 1.81. The number of carbonyl (C=O) groups excluding carboxylic acids is 1. The van der Waals surface area contributed by atoms with Crippen LogP contribution >= 0.6 is 11.3 Å². The fourth-order valence-electron chi connectivity index (χ4n) is 2.14. The first-order chi connectivity index (χ1) is 11.6. The summed E-state index contributed by atoms with van der Waals surface area (Å²) in [6.45, 7) is 4.51. The molecular weight excluding hydrogens is 318 g/mol. The van der Waals surface area contributed by atoms with Crippen molar-refractivity contribution >= 4 is 32.7 Å². The van der Waals surface area contributed by atoms with E-state index in [9.17, 15) is 4.79 Å². The molecule has 2 N–H and O–H groups in total. The third-order valence-electron chi connectivity index (χ3n) is 3.35. The minimum atomic E-state index is -0.240. The van der Waals surface area contributed by atoms with E-state index in [4.69, 9.17) is 0 Å². The van der Waals surface area contributed by atoms with E-state index in [-0.39, 0.29) is 6.03 Å². The second kappa shape index (κ2) is 7.16. The average Bonchev–Trinajstić information content (AvgIpc) is 2.95. The highest BCUT2D eigenvalue weighted by Crippen LogP contribution is 2.26. The molecule has 0 radical (unpaired) electrons. The van der Waals surface area contributed by atoms with Crippen molar-refractivity contribution in [3.05, 3.63) is 59.2 Å². The third kappa shape index (κ3) is 3.92. The molecule has 3 aromatic rings. The second-order valence-corrected chi connectivity index (χ2v) is 6.33. The molecule has 0 aliphatic carbocycles. The molecule has 1 aromatic heterocycles. The fourth-order valence-corrected chi connectivity index (χ4v) is 3.04. The number of hydrogen-bond acceptors (Lipinski definition) is 3. The first kappa shape index (κ1) is 16.0. The summed E-state index contributed by atoms with van der Waals surface area (Å²) in [6.07, 6.45) is 0. The van der Waals surface area contributed by atoms with Crippen LogP contribution in [0, 0.1) is 18.8 Å². The summed E-state index contributed by atoms with van der Waals surface area (Å²) in [5.74, 6) is 6.34. The monoisotopic (exact) mass is 335 g/mol. The highest BCUT2D eigenvalue weighted by molar-refractivity contribution is 7.22. The first-order valence-corrected chi connectivity index (χ1v) is 8.50. The number of benzene rings is 2. The molecule has 5 heteroatoms. The lowest BCUT2D eigenvalue weighted by Crippen LogP contribution is -2.28. The molecule has 0 fully saturated rings. The summed E-state index contributed by atoms with van der Waals surface area (Å²) in [5.41, 5.74) is 3.99. The minimum Gasteiger partial charge on any atom is -0.338 e. The van der Waals surface area contributed by atoms with Gasteiger partial charge in [0.1, 0.15) is 0 Å². The normalized spacial score (nSPS) is 10.1. The van der Waals surface area contributed by atoms with Crippen LogP contribution in [0.4, 0.5) is 9.93 Å². The molecule has 1 heterocycles. The van der Waals surface area contributed by atoms with E-state index < -0.39 is 0 Å². The number of nitrogens with one attached hydrogen (secondary N) is 2. The number of aryl methyl sites for hydroxylation is 1. The molecule has 3 rings (SSSR count). The molecule has 4 nitrogen and oxygen atoms in total. The van der Waals surface area contributed by atoms with Crippen LogP contribution in [0.5, 0.6) is 0 Å². The maximum Gasteiger partial charge on any atom is 0.321 e. The standard InChI is InChI=1S/C19H17N3OS/c1-3-20-18(23)22-19-21-16-11-10-15(12-17(16)24-19)9-8-14-6-4-13(2)5-7-14/h4-7,10-12H,3H2,1-2H3,(H2,20,21,22,23). The summed E-state index contributed by atoms with van der Waals surface area (Å²) < 4.78 is 0.998. The lowest BCUT2D eigenvalue weighted by Gasteiger charge is -2.00. The van der Waals surface area contributed by atoms with Crippen LogP contribution in [0.25, 0.3) is 10.2 Å². The van der Waals surface area contributed by atoms with Gasteiger partial charge in [-0.05, 0) is 44.2 Å². The first-order valence-electron chi connectivity index (χ1n) is 7.68. The predicted molar refractivity (Wildman–Crippen MR) is 99.5 cm³/mol. The van der Waals surface area contributed by atoms with Gasteiger partial charge < -0.3 is 5.32 Å². The van der Waals surface area contributed by atoms with Crippen LogP contribution in [0.15, 0.2) is 42.5 Å². The summed E-state index contributed by atoms with van der Waals surface area (Å²) >= 11 is 1.44. The van der Waals surface area contributed by atoms with Crippen LogP contribution < -0.4 is 10.6 Å². The molecular formula is C19H17N3OS. The molecule has 0 spiro atoms. The Bertz CT molecular complexity index is 933. The van der Waals surface area contributed by atoms with Crippen molar-refractivity contribution in [3.63, 3.8) is 0 Å². The second-order valence-electron chi connectivity index (χ2n) is 5.30. The molecule has 0 saturated carbocycles. The summed E-state index contributed by atoms with van der Waals surface area (Å²) in [7, 11) is 0. The van der Waals surface area contributed by atoms with E-state index in [1.807, 2.05) is 37.3 Å². The van der Waals surface area contributed by atoms with Gasteiger partial charge in [0.05, 0.1) is 10.2 Å². The van der Waals surface area contributed by atoms with Gasteiger partial charge in [0.25, 0.3) is 0 Å². The van der Waals surface area contributed by atoms with E-state index in [1.54, 1.807) is 0 Å². The van der Waals surface area contributed by atoms with Crippen LogP contribution in [-0.2, 0) is 0 Å². The Kier molecular flexibility index (Phi) is 4.78. The highest BCUT2D eigenvalue weighted by Gasteiger charge is 2.07. The molecule has 0 saturated heterocycles. The van der Waals surface area contributed by atoms with Crippen molar-refractivity contribution < 1.29 is 4.79 Å². The number of aromatic nitrogens is 1. The predicted octanol–water partition coefficient (Wildman–Crippen LogP) is 4.15. The van der Waals surface area contributed by atoms with Gasteiger partial charge in [0, 0.05) is 17.7 Å². The average molecular weight is 335 g/mol. The Morgan fingerprint density at radius 1 is 1.12 bits per heavy atom. The van der Waals surface area contributed by atoms with Crippen molar-refractivity contribution in [1.29, 1.82) is 0 Å². The minimum absolute atomic E-state index is 0.240. The summed E-state index contributed by atoms with van der Waals surface area (Å²) in [6, 6.07) is 13.8. The number of carbonyl (C=O) groups is 1. The number of thiazole rings is 1. The number of urea groups is 1. The SMILES string of the molecule is CCNC(=O)Nc1nc2ccc(C#Cc3ccc(C)cc3)cc2s1. The van der Waals surface area contributed by atoms with E-state index in [0.29, 0.717) is 11.7 Å². The molecule has 0 bridgehead atoms. The summed E-state index contributed by atoms with van der Waals surface area (Å²) in [5, 5.41) is 6.01. The molecule has 0 atom stereocenters. The Labute approximate surface area is 144 Å². The summed E-state index contributed by atoms with van der Waals surface area (Å²) in [4.78, 5) is 16.0. The van der Waals surface area contributed by atoms with Crippen molar-refractivity contribution in [2.75, 3.05) is 11.9 Å². The Morgan fingerprint density at radius 2 is 1.83 bits per heavy atom. The zero-order chi connectivity index (χ0) is 16.9. The van der Waals surface area contributed by atoms with E-state index >= 15 is 0 Å². The van der Waals surface area contributed by atoms with Gasteiger partial charge in [-0.25, -0.2) is 9.78 Å². The molecule has 0 aliphatic rings. The number of fused-ring (bicyclic) bond motifs is 1. The van der Waals surface area contributed by atoms with Gasteiger partial charge in [-0.2, -0.15) is 0 Å². The van der Waals surface area contributed by atoms with E-state index in [1.165, 1.54) is 16.9 Å². The topological polar surface area (TPSA) is 54.0 Å². The van der Waals surface area contributed by atoms with Crippen molar-refractivity contribution in [3.8, 4) is 11.8 Å². The van der Waals surface area contributed by atoms with Gasteiger partial charge >= 0.3 is 6.03 Å². The van der Waals surface area contributed by atoms with Gasteiger partial charge in [-0.3, -0.25) is 5.32 Å². The lowest BCUT2D eigenvalue weighted by molar-refractivity contribution is 0.252.